The average Bonchev–Trinajstić information content (AvgIpc) is 2.47. The first-order valence-electron chi connectivity index (χ1n) is 8.14. The monoisotopic (exact) mass is 307 g/mol. The molecule has 0 aromatic carbocycles. The third-order valence-corrected chi connectivity index (χ3v) is 4.20. The number of aromatic nitrogens is 2. The van der Waals surface area contributed by atoms with Gasteiger partial charge in [0.1, 0.15) is 5.82 Å². The molecule has 1 aliphatic heterocycles. The van der Waals surface area contributed by atoms with Crippen molar-refractivity contribution in [3.8, 4) is 0 Å². The molecule has 0 saturated carbocycles. The molecule has 2 N–H and O–H groups in total. The summed E-state index contributed by atoms with van der Waals surface area (Å²) in [6, 6.07) is 0. The molecule has 1 atom stereocenters. The minimum atomic E-state index is -0.142. The van der Waals surface area contributed by atoms with Crippen LogP contribution in [0.15, 0.2) is 0 Å². The van der Waals surface area contributed by atoms with E-state index in [0.29, 0.717) is 0 Å². The number of rotatable bonds is 6. The minimum Gasteiger partial charge on any atom is -0.392 e. The van der Waals surface area contributed by atoms with E-state index in [-0.39, 0.29) is 6.10 Å². The van der Waals surface area contributed by atoms with Gasteiger partial charge < -0.3 is 20.2 Å². The molecule has 0 bridgehead atoms. The smallest absolute Gasteiger partial charge is 0.227 e. The molecule has 2 heterocycles. The lowest BCUT2D eigenvalue weighted by Crippen LogP contribution is -2.39. The van der Waals surface area contributed by atoms with Gasteiger partial charge in [0.15, 0.2) is 0 Å². The van der Waals surface area contributed by atoms with Crippen LogP contribution >= 0.6 is 0 Å². The maximum Gasteiger partial charge on any atom is 0.227 e. The number of hydrogen-bond acceptors (Lipinski definition) is 6. The van der Waals surface area contributed by atoms with E-state index in [1.807, 2.05) is 25.9 Å². The van der Waals surface area contributed by atoms with Gasteiger partial charge in [-0.05, 0) is 46.2 Å². The Hall–Kier alpha value is -1.40. The quantitative estimate of drug-likeness (QED) is 0.775. The third kappa shape index (κ3) is 4.55. The molecule has 0 radical (unpaired) electrons. The number of aryl methyl sites for hydroxylation is 1. The normalized spacial score (nSPS) is 19.2. The summed E-state index contributed by atoms with van der Waals surface area (Å²) in [6.45, 7) is 7.90. The second-order valence-electron chi connectivity index (χ2n) is 6.35. The van der Waals surface area contributed by atoms with E-state index in [1.165, 1.54) is 0 Å². The number of anilines is 2. The van der Waals surface area contributed by atoms with Gasteiger partial charge in [0.2, 0.25) is 5.95 Å². The summed E-state index contributed by atoms with van der Waals surface area (Å²) in [5.74, 6) is 1.67. The zero-order chi connectivity index (χ0) is 16.1. The molecule has 1 saturated heterocycles. The van der Waals surface area contributed by atoms with Crippen LogP contribution in [0.3, 0.4) is 0 Å². The number of hydrogen-bond donors (Lipinski definition) is 2. The summed E-state index contributed by atoms with van der Waals surface area (Å²) in [7, 11) is 3.91. The van der Waals surface area contributed by atoms with Crippen molar-refractivity contribution in [1.82, 2.24) is 14.9 Å². The molecule has 0 spiro atoms. The summed E-state index contributed by atoms with van der Waals surface area (Å²) in [4.78, 5) is 13.3. The summed E-state index contributed by atoms with van der Waals surface area (Å²) >= 11 is 0. The maximum absolute atomic E-state index is 9.68. The summed E-state index contributed by atoms with van der Waals surface area (Å²) < 4.78 is 0. The molecule has 0 aliphatic carbocycles. The molecule has 22 heavy (non-hydrogen) atoms. The lowest BCUT2D eigenvalue weighted by atomic mass is 10.1. The van der Waals surface area contributed by atoms with E-state index in [2.05, 4.69) is 27.1 Å². The molecular weight excluding hydrogens is 278 g/mol. The second-order valence-corrected chi connectivity index (χ2v) is 6.35. The van der Waals surface area contributed by atoms with Crippen LogP contribution in [-0.4, -0.2) is 66.4 Å². The fraction of sp³-hybridized carbons (Fsp3) is 0.750. The molecule has 1 aromatic heterocycles. The molecule has 1 fully saturated rings. The zero-order valence-corrected chi connectivity index (χ0v) is 14.3. The van der Waals surface area contributed by atoms with Crippen LogP contribution < -0.4 is 10.2 Å². The van der Waals surface area contributed by atoms with Gasteiger partial charge in [-0.15, -0.1) is 0 Å². The van der Waals surface area contributed by atoms with Gasteiger partial charge in [-0.3, -0.25) is 0 Å². The van der Waals surface area contributed by atoms with Gasteiger partial charge in [-0.25, -0.2) is 4.98 Å². The topological polar surface area (TPSA) is 64.5 Å². The highest BCUT2D eigenvalue weighted by molar-refractivity contribution is 5.50. The Morgan fingerprint density at radius 3 is 2.77 bits per heavy atom. The van der Waals surface area contributed by atoms with Crippen molar-refractivity contribution in [2.45, 2.75) is 39.2 Å². The Labute approximate surface area is 133 Å². The Balaban J connectivity index is 1.83. The van der Waals surface area contributed by atoms with Crippen LogP contribution in [0, 0.1) is 13.8 Å². The fourth-order valence-electron chi connectivity index (χ4n) is 2.73. The van der Waals surface area contributed by atoms with Gasteiger partial charge in [0.05, 0.1) is 6.10 Å². The van der Waals surface area contributed by atoms with Crippen molar-refractivity contribution in [2.75, 3.05) is 50.5 Å². The highest BCUT2D eigenvalue weighted by atomic mass is 16.3. The number of nitrogens with one attached hydrogen (secondary N) is 1. The Bertz CT molecular complexity index is 492. The van der Waals surface area contributed by atoms with E-state index in [1.54, 1.807) is 0 Å². The summed E-state index contributed by atoms with van der Waals surface area (Å²) in [5.41, 5.74) is 2.12. The first kappa shape index (κ1) is 17.0. The molecule has 6 heteroatoms. The number of aliphatic hydroxyl groups excluding tert-OH is 1. The Kier molecular flexibility index (Phi) is 5.97. The van der Waals surface area contributed by atoms with Gasteiger partial charge in [-0.2, -0.15) is 4.98 Å². The zero-order valence-electron chi connectivity index (χ0n) is 14.3. The Morgan fingerprint density at radius 1 is 1.32 bits per heavy atom. The lowest BCUT2D eigenvalue weighted by Gasteiger charge is -2.29. The van der Waals surface area contributed by atoms with Gasteiger partial charge in [-0.1, -0.05) is 0 Å². The lowest BCUT2D eigenvalue weighted by molar-refractivity contribution is 0.0706. The third-order valence-electron chi connectivity index (χ3n) is 4.20. The van der Waals surface area contributed by atoms with Gasteiger partial charge in [0, 0.05) is 38.4 Å². The van der Waals surface area contributed by atoms with E-state index in [4.69, 9.17) is 0 Å². The molecule has 124 valence electrons. The number of piperidine rings is 1. The van der Waals surface area contributed by atoms with Crippen LogP contribution in [-0.2, 0) is 0 Å². The molecule has 1 aromatic rings. The van der Waals surface area contributed by atoms with Crippen molar-refractivity contribution in [1.29, 1.82) is 0 Å². The number of β-amino-alcohol motifs (C(OH)–C–C–N with tert-alkyl or cyclic N) is 1. The van der Waals surface area contributed by atoms with Gasteiger partial charge >= 0.3 is 0 Å². The predicted molar refractivity (Wildman–Crippen MR) is 90.6 cm³/mol. The summed E-state index contributed by atoms with van der Waals surface area (Å²) in [5, 5.41) is 13.1. The Morgan fingerprint density at radius 2 is 2.09 bits per heavy atom. The SMILES string of the molecule is Cc1nc(N(C)C)nc(NCCCN2CCC[C@H](O)C2)c1C. The van der Waals surface area contributed by atoms with Crippen molar-refractivity contribution in [3.63, 3.8) is 0 Å². The standard InChI is InChI=1S/C16H29N5O/c1-12-13(2)18-16(20(3)4)19-15(12)17-8-6-10-21-9-5-7-14(22)11-21/h14,22H,5-11H2,1-4H3,(H,17,18,19)/t14-/m0/s1. The number of aliphatic hydroxyl groups is 1. The fourth-order valence-corrected chi connectivity index (χ4v) is 2.73. The van der Waals surface area contributed by atoms with Crippen LogP contribution in [0.2, 0.25) is 0 Å². The maximum atomic E-state index is 9.68. The van der Waals surface area contributed by atoms with Crippen LogP contribution in [0.25, 0.3) is 0 Å². The van der Waals surface area contributed by atoms with Crippen LogP contribution in [0.4, 0.5) is 11.8 Å². The molecule has 6 nitrogen and oxygen atoms in total. The first-order chi connectivity index (χ1) is 10.5. The second kappa shape index (κ2) is 7.74. The first-order valence-corrected chi connectivity index (χ1v) is 8.14. The van der Waals surface area contributed by atoms with Gasteiger partial charge in [0.25, 0.3) is 0 Å². The number of likely N-dealkylation sites (tertiary alicyclic amines) is 1. The minimum absolute atomic E-state index is 0.142. The molecule has 0 amide bonds. The van der Waals surface area contributed by atoms with Crippen molar-refractivity contribution >= 4 is 11.8 Å². The van der Waals surface area contributed by atoms with Crippen molar-refractivity contribution < 1.29 is 5.11 Å². The van der Waals surface area contributed by atoms with E-state index < -0.39 is 0 Å². The van der Waals surface area contributed by atoms with Crippen molar-refractivity contribution in [3.05, 3.63) is 11.3 Å². The molecule has 0 unspecified atom stereocenters. The van der Waals surface area contributed by atoms with Crippen LogP contribution in [0.1, 0.15) is 30.5 Å². The largest absolute Gasteiger partial charge is 0.392 e. The molecular formula is C16H29N5O. The molecule has 1 aliphatic rings. The van der Waals surface area contributed by atoms with Crippen LogP contribution in [0.5, 0.6) is 0 Å². The predicted octanol–water partition coefficient (Wildman–Crippen LogP) is 1.42. The summed E-state index contributed by atoms with van der Waals surface area (Å²) in [6.07, 6.45) is 2.95. The number of nitrogens with zero attached hydrogens (tertiary/aromatic N) is 4. The van der Waals surface area contributed by atoms with E-state index >= 15 is 0 Å². The highest BCUT2D eigenvalue weighted by Gasteiger charge is 2.16. The highest BCUT2D eigenvalue weighted by Crippen LogP contribution is 2.18. The average molecular weight is 307 g/mol. The van der Waals surface area contributed by atoms with E-state index in [0.717, 1.165) is 68.5 Å². The van der Waals surface area contributed by atoms with Crippen molar-refractivity contribution in [2.24, 2.45) is 0 Å². The molecule has 2 rings (SSSR count). The van der Waals surface area contributed by atoms with E-state index in [9.17, 15) is 5.11 Å².